The number of methoxy groups -OCH3 is 1. The number of rotatable bonds is 8. The van der Waals surface area contributed by atoms with Gasteiger partial charge in [-0.15, -0.1) is 12.4 Å². The molecule has 0 saturated carbocycles. The van der Waals surface area contributed by atoms with Crippen LogP contribution in [0.1, 0.15) is 12.5 Å². The predicted molar refractivity (Wildman–Crippen MR) is 83.0 cm³/mol. The number of likely N-dealkylation sites (N-methyl/N-ethyl adjacent to an activating group) is 1. The summed E-state index contributed by atoms with van der Waals surface area (Å²) in [7, 11) is 0.0158. The molecular weight excluding hydrogens is 300 g/mol. The van der Waals surface area contributed by atoms with Crippen LogP contribution in [-0.4, -0.2) is 41.8 Å². The molecule has 0 aliphatic rings. The van der Waals surface area contributed by atoms with Gasteiger partial charge in [-0.3, -0.25) is 0 Å². The van der Waals surface area contributed by atoms with E-state index in [1.165, 1.54) is 0 Å². The minimum Gasteiger partial charge on any atom is -0.384 e. The van der Waals surface area contributed by atoms with E-state index in [9.17, 15) is 8.42 Å². The molecule has 0 radical (unpaired) electrons. The van der Waals surface area contributed by atoms with Crippen LogP contribution in [0.15, 0.2) is 29.2 Å². The molecule has 0 aliphatic heterocycles. The molecule has 0 fully saturated rings. The zero-order valence-corrected chi connectivity index (χ0v) is 13.7. The highest BCUT2D eigenvalue weighted by Gasteiger charge is 2.14. The second kappa shape index (κ2) is 9.31. The molecule has 7 heteroatoms. The van der Waals surface area contributed by atoms with Gasteiger partial charge in [0.1, 0.15) is 0 Å². The van der Waals surface area contributed by atoms with Crippen molar-refractivity contribution in [3.8, 4) is 0 Å². The second-order valence-electron chi connectivity index (χ2n) is 4.43. The van der Waals surface area contributed by atoms with Gasteiger partial charge in [0.25, 0.3) is 0 Å². The molecule has 1 atom stereocenters. The molecule has 116 valence electrons. The lowest BCUT2D eigenvalue weighted by Gasteiger charge is -2.12. The zero-order valence-electron chi connectivity index (χ0n) is 12.0. The number of hydrogen-bond acceptors (Lipinski definition) is 4. The zero-order chi connectivity index (χ0) is 14.3. The molecule has 2 N–H and O–H groups in total. The molecule has 0 aromatic heterocycles. The molecule has 1 rings (SSSR count). The van der Waals surface area contributed by atoms with Crippen molar-refractivity contribution in [2.75, 3.05) is 27.3 Å². The average Bonchev–Trinajstić information content (AvgIpc) is 2.43. The molecule has 5 nitrogen and oxygen atoms in total. The molecule has 1 aromatic rings. The van der Waals surface area contributed by atoms with Crippen LogP contribution in [0.5, 0.6) is 0 Å². The van der Waals surface area contributed by atoms with Crippen LogP contribution < -0.4 is 10.0 Å². The minimum absolute atomic E-state index is 0. The summed E-state index contributed by atoms with van der Waals surface area (Å²) in [6, 6.07) is 6.97. The lowest BCUT2D eigenvalue weighted by atomic mass is 10.2. The topological polar surface area (TPSA) is 67.4 Å². The van der Waals surface area contributed by atoms with E-state index in [4.69, 9.17) is 4.74 Å². The molecule has 0 spiro atoms. The Morgan fingerprint density at radius 2 is 1.85 bits per heavy atom. The smallest absolute Gasteiger partial charge is 0.240 e. The Kier molecular flexibility index (Phi) is 9.00. The molecule has 1 aromatic carbocycles. The molecule has 0 aliphatic carbocycles. The van der Waals surface area contributed by atoms with Gasteiger partial charge in [-0.05, 0) is 38.1 Å². The molecule has 20 heavy (non-hydrogen) atoms. The molecule has 0 bridgehead atoms. The first-order valence-electron chi connectivity index (χ1n) is 6.24. The van der Waals surface area contributed by atoms with Crippen LogP contribution in [0, 0.1) is 0 Å². The summed E-state index contributed by atoms with van der Waals surface area (Å²) in [5.41, 5.74) is 1.06. The Bertz CT molecular complexity index is 477. The highest BCUT2D eigenvalue weighted by Crippen LogP contribution is 2.11. The largest absolute Gasteiger partial charge is 0.384 e. The van der Waals surface area contributed by atoms with E-state index in [0.29, 0.717) is 13.2 Å². The van der Waals surface area contributed by atoms with E-state index in [0.717, 1.165) is 12.0 Å². The van der Waals surface area contributed by atoms with Crippen molar-refractivity contribution in [1.82, 2.24) is 10.0 Å². The van der Waals surface area contributed by atoms with Crippen molar-refractivity contribution < 1.29 is 13.2 Å². The average molecular weight is 323 g/mol. The van der Waals surface area contributed by atoms with E-state index >= 15 is 0 Å². The van der Waals surface area contributed by atoms with Crippen molar-refractivity contribution in [2.24, 2.45) is 0 Å². The lowest BCUT2D eigenvalue weighted by molar-refractivity contribution is 0.202. The molecular formula is C13H23ClN2O3S. The number of ether oxygens (including phenoxy) is 1. The van der Waals surface area contributed by atoms with Gasteiger partial charge >= 0.3 is 0 Å². The van der Waals surface area contributed by atoms with Gasteiger partial charge in [0.15, 0.2) is 0 Å². The quantitative estimate of drug-likeness (QED) is 0.754. The summed E-state index contributed by atoms with van der Waals surface area (Å²) in [4.78, 5) is 0.289. The highest BCUT2D eigenvalue weighted by molar-refractivity contribution is 7.89. The highest BCUT2D eigenvalue weighted by atomic mass is 35.5. The van der Waals surface area contributed by atoms with Gasteiger partial charge < -0.3 is 10.1 Å². The van der Waals surface area contributed by atoms with Crippen molar-refractivity contribution >= 4 is 22.4 Å². The predicted octanol–water partition coefficient (Wildman–Crippen LogP) is 1.18. The Hall–Kier alpha value is -0.660. The SMILES string of the molecule is CNC(C)CNS(=O)(=O)c1ccc(CCOC)cc1.Cl. The van der Waals surface area contributed by atoms with Crippen LogP contribution in [0.25, 0.3) is 0 Å². The molecule has 1 unspecified atom stereocenters. The van der Waals surface area contributed by atoms with Crippen LogP contribution in [0.2, 0.25) is 0 Å². The molecule has 0 amide bonds. The Labute approximate surface area is 127 Å². The van der Waals surface area contributed by atoms with E-state index in [1.54, 1.807) is 26.3 Å². The van der Waals surface area contributed by atoms with Gasteiger partial charge in [0.2, 0.25) is 10.0 Å². The maximum Gasteiger partial charge on any atom is 0.240 e. The van der Waals surface area contributed by atoms with E-state index in [-0.39, 0.29) is 23.3 Å². The van der Waals surface area contributed by atoms with E-state index in [2.05, 4.69) is 10.0 Å². The summed E-state index contributed by atoms with van der Waals surface area (Å²) in [5, 5.41) is 2.98. The van der Waals surface area contributed by atoms with Crippen molar-refractivity contribution in [2.45, 2.75) is 24.3 Å². The standard InChI is InChI=1S/C13H22N2O3S.ClH/c1-11(14-2)10-15-19(16,17)13-6-4-12(5-7-13)8-9-18-3;/h4-7,11,14-15H,8-10H2,1-3H3;1H. The Morgan fingerprint density at radius 1 is 1.25 bits per heavy atom. The van der Waals surface area contributed by atoms with E-state index < -0.39 is 10.0 Å². The Morgan fingerprint density at radius 3 is 2.35 bits per heavy atom. The fourth-order valence-electron chi connectivity index (χ4n) is 1.48. The number of halogens is 1. The number of benzene rings is 1. The first kappa shape index (κ1) is 19.3. The third-order valence-electron chi connectivity index (χ3n) is 2.90. The Balaban J connectivity index is 0.00000361. The molecule has 0 heterocycles. The van der Waals surface area contributed by atoms with Gasteiger partial charge in [0.05, 0.1) is 11.5 Å². The van der Waals surface area contributed by atoms with Gasteiger partial charge in [0, 0.05) is 19.7 Å². The monoisotopic (exact) mass is 322 g/mol. The van der Waals surface area contributed by atoms with Crippen molar-refractivity contribution in [1.29, 1.82) is 0 Å². The van der Waals surface area contributed by atoms with Gasteiger partial charge in [-0.25, -0.2) is 13.1 Å². The number of nitrogens with one attached hydrogen (secondary N) is 2. The van der Waals surface area contributed by atoms with Crippen molar-refractivity contribution in [3.05, 3.63) is 29.8 Å². The number of sulfonamides is 1. The summed E-state index contributed by atoms with van der Waals surface area (Å²) >= 11 is 0. The summed E-state index contributed by atoms with van der Waals surface area (Å²) in [5.74, 6) is 0. The van der Waals surface area contributed by atoms with Crippen LogP contribution in [0.3, 0.4) is 0 Å². The lowest BCUT2D eigenvalue weighted by Crippen LogP contribution is -2.37. The maximum atomic E-state index is 12.0. The number of hydrogen-bond donors (Lipinski definition) is 2. The first-order chi connectivity index (χ1) is 8.99. The fraction of sp³-hybridized carbons (Fsp3) is 0.538. The fourth-order valence-corrected chi connectivity index (χ4v) is 2.61. The molecule has 0 saturated heterocycles. The van der Waals surface area contributed by atoms with Gasteiger partial charge in [-0.1, -0.05) is 12.1 Å². The van der Waals surface area contributed by atoms with Gasteiger partial charge in [-0.2, -0.15) is 0 Å². The van der Waals surface area contributed by atoms with E-state index in [1.807, 2.05) is 19.1 Å². The second-order valence-corrected chi connectivity index (χ2v) is 6.20. The maximum absolute atomic E-state index is 12.0. The minimum atomic E-state index is -3.42. The summed E-state index contributed by atoms with van der Waals surface area (Å²) < 4.78 is 31.6. The van der Waals surface area contributed by atoms with Crippen LogP contribution >= 0.6 is 12.4 Å². The normalized spacial score (nSPS) is 12.8. The van der Waals surface area contributed by atoms with Crippen LogP contribution in [0.4, 0.5) is 0 Å². The third kappa shape index (κ3) is 6.19. The summed E-state index contributed by atoms with van der Waals surface area (Å²) in [6.45, 7) is 2.91. The third-order valence-corrected chi connectivity index (χ3v) is 4.34. The first-order valence-corrected chi connectivity index (χ1v) is 7.72. The van der Waals surface area contributed by atoms with Crippen LogP contribution in [-0.2, 0) is 21.2 Å². The summed E-state index contributed by atoms with van der Waals surface area (Å²) in [6.07, 6.45) is 0.779. The van der Waals surface area contributed by atoms with Crippen molar-refractivity contribution in [3.63, 3.8) is 0 Å².